The molecule has 0 radical (unpaired) electrons. The van der Waals surface area contributed by atoms with Gasteiger partial charge in [-0.15, -0.1) is 11.3 Å². The van der Waals surface area contributed by atoms with Gasteiger partial charge in [0, 0.05) is 11.4 Å². The maximum absolute atomic E-state index is 11.8. The number of aliphatic hydroxyl groups is 1. The van der Waals surface area contributed by atoms with Crippen LogP contribution in [0.4, 0.5) is 0 Å². The fourth-order valence-corrected chi connectivity index (χ4v) is 2.36. The van der Waals surface area contributed by atoms with E-state index in [1.165, 1.54) is 11.3 Å². The van der Waals surface area contributed by atoms with Crippen LogP contribution >= 0.6 is 11.3 Å². The van der Waals surface area contributed by atoms with Crippen molar-refractivity contribution >= 4 is 17.2 Å². The molecule has 0 unspecified atom stereocenters. The number of aromatic nitrogens is 1. The smallest absolute Gasteiger partial charge is 0.270 e. The first-order valence-electron chi connectivity index (χ1n) is 6.09. The summed E-state index contributed by atoms with van der Waals surface area (Å²) < 4.78 is 0. The monoisotopic (exact) mass is 276 g/mol. The van der Waals surface area contributed by atoms with Crippen molar-refractivity contribution in [2.45, 2.75) is 25.5 Å². The van der Waals surface area contributed by atoms with E-state index in [1.807, 2.05) is 37.3 Å². The lowest BCUT2D eigenvalue weighted by molar-refractivity contribution is 0.0912. The Morgan fingerprint density at radius 1 is 1.42 bits per heavy atom. The first-order chi connectivity index (χ1) is 9.16. The predicted octanol–water partition coefficient (Wildman–Crippen LogP) is 2.39. The number of hydrogen-bond acceptors (Lipinski definition) is 4. The van der Waals surface area contributed by atoms with Crippen LogP contribution in [0.25, 0.3) is 0 Å². The van der Waals surface area contributed by atoms with Crippen LogP contribution < -0.4 is 5.32 Å². The minimum Gasteiger partial charge on any atom is -0.388 e. The zero-order chi connectivity index (χ0) is 13.7. The van der Waals surface area contributed by atoms with Gasteiger partial charge in [-0.2, -0.15) is 0 Å². The first kappa shape index (κ1) is 13.7. The Morgan fingerprint density at radius 2 is 2.16 bits per heavy atom. The number of thiazole rings is 1. The summed E-state index contributed by atoms with van der Waals surface area (Å²) in [5.41, 5.74) is 2.90. The quantitative estimate of drug-likeness (QED) is 0.881. The topological polar surface area (TPSA) is 62.2 Å². The predicted molar refractivity (Wildman–Crippen MR) is 75.1 cm³/mol. The van der Waals surface area contributed by atoms with Gasteiger partial charge >= 0.3 is 0 Å². The van der Waals surface area contributed by atoms with Crippen molar-refractivity contribution in [3.8, 4) is 0 Å². The zero-order valence-corrected chi connectivity index (χ0v) is 11.4. The Morgan fingerprint density at radius 3 is 2.79 bits per heavy atom. The molecular formula is C14H16N2O2S. The average Bonchev–Trinajstić information content (AvgIpc) is 2.93. The molecule has 4 nitrogen and oxygen atoms in total. The Bertz CT molecular complexity index is 514. The molecular weight excluding hydrogens is 260 g/mol. The van der Waals surface area contributed by atoms with Gasteiger partial charge in [-0.1, -0.05) is 30.3 Å². The number of carbonyl (C=O) groups is 1. The first-order valence-corrected chi connectivity index (χ1v) is 7.03. The van der Waals surface area contributed by atoms with Gasteiger partial charge in [0.25, 0.3) is 5.91 Å². The molecule has 1 heterocycles. The van der Waals surface area contributed by atoms with E-state index in [4.69, 9.17) is 0 Å². The van der Waals surface area contributed by atoms with E-state index in [2.05, 4.69) is 10.3 Å². The second kappa shape index (κ2) is 6.45. The van der Waals surface area contributed by atoms with Gasteiger partial charge in [0.2, 0.25) is 0 Å². The van der Waals surface area contributed by atoms with E-state index in [9.17, 15) is 9.90 Å². The summed E-state index contributed by atoms with van der Waals surface area (Å²) in [6.45, 7) is 1.87. The van der Waals surface area contributed by atoms with Crippen molar-refractivity contribution in [3.63, 3.8) is 0 Å². The van der Waals surface area contributed by atoms with Crippen molar-refractivity contribution in [2.24, 2.45) is 0 Å². The van der Waals surface area contributed by atoms with E-state index in [0.29, 0.717) is 12.1 Å². The van der Waals surface area contributed by atoms with Crippen LogP contribution in [0.2, 0.25) is 0 Å². The molecule has 1 amide bonds. The van der Waals surface area contributed by atoms with Crippen molar-refractivity contribution < 1.29 is 9.90 Å². The molecule has 2 atom stereocenters. The maximum atomic E-state index is 11.8. The normalized spacial score (nSPS) is 13.8. The summed E-state index contributed by atoms with van der Waals surface area (Å²) in [6, 6.07) is 9.31. The van der Waals surface area contributed by atoms with Crippen LogP contribution in [0.3, 0.4) is 0 Å². The van der Waals surface area contributed by atoms with Crippen LogP contribution in [0, 0.1) is 0 Å². The number of amides is 1. The summed E-state index contributed by atoms with van der Waals surface area (Å²) in [5.74, 6) is -0.200. The lowest BCUT2D eigenvalue weighted by atomic mass is 10.0. The van der Waals surface area contributed by atoms with E-state index in [1.54, 1.807) is 10.9 Å². The van der Waals surface area contributed by atoms with E-state index < -0.39 is 6.10 Å². The van der Waals surface area contributed by atoms with Crippen molar-refractivity contribution in [1.29, 1.82) is 0 Å². The molecule has 0 saturated carbocycles. The summed E-state index contributed by atoms with van der Waals surface area (Å²) >= 11 is 1.38. The Kier molecular flexibility index (Phi) is 4.65. The Hall–Kier alpha value is -1.72. The minimum absolute atomic E-state index is 0.121. The third kappa shape index (κ3) is 3.87. The molecule has 2 aromatic rings. The number of benzene rings is 1. The van der Waals surface area contributed by atoms with Crippen molar-refractivity contribution in [2.75, 3.05) is 0 Å². The molecule has 0 aliphatic carbocycles. The van der Waals surface area contributed by atoms with Crippen molar-refractivity contribution in [3.05, 3.63) is 52.5 Å². The molecule has 1 aromatic carbocycles. The van der Waals surface area contributed by atoms with Crippen LogP contribution in [0.15, 0.2) is 41.2 Å². The fraction of sp³-hybridized carbons (Fsp3) is 0.286. The summed E-state index contributed by atoms with van der Waals surface area (Å²) in [6.07, 6.45) is -0.105. The molecule has 0 spiro atoms. The molecule has 2 N–H and O–H groups in total. The highest BCUT2D eigenvalue weighted by Gasteiger charge is 2.15. The highest BCUT2D eigenvalue weighted by atomic mass is 32.1. The zero-order valence-electron chi connectivity index (χ0n) is 10.6. The molecule has 0 bridgehead atoms. The van der Waals surface area contributed by atoms with Gasteiger partial charge in [-0.25, -0.2) is 4.98 Å². The lowest BCUT2D eigenvalue weighted by Crippen LogP contribution is -2.33. The van der Waals surface area contributed by atoms with E-state index >= 15 is 0 Å². The number of aliphatic hydroxyl groups excluding tert-OH is 1. The van der Waals surface area contributed by atoms with Gasteiger partial charge in [-0.05, 0) is 18.9 Å². The molecule has 0 aliphatic rings. The minimum atomic E-state index is -0.577. The van der Waals surface area contributed by atoms with Gasteiger partial charge in [0.1, 0.15) is 5.69 Å². The molecule has 0 saturated heterocycles. The Balaban J connectivity index is 1.88. The standard InChI is InChI=1S/C14H16N2O2S/c1-10(16-14(18)12-8-19-9-15-12)7-13(17)11-5-3-2-4-6-11/h2-6,8-10,13,17H,7H2,1H3,(H,16,18)/t10-,13+/m0/s1. The van der Waals surface area contributed by atoms with Crippen LogP contribution in [0.1, 0.15) is 35.5 Å². The van der Waals surface area contributed by atoms with Gasteiger partial charge in [-0.3, -0.25) is 4.79 Å². The summed E-state index contributed by atoms with van der Waals surface area (Å²) in [4.78, 5) is 15.7. The number of hydrogen-bond donors (Lipinski definition) is 2. The van der Waals surface area contributed by atoms with E-state index in [-0.39, 0.29) is 11.9 Å². The van der Waals surface area contributed by atoms with Gasteiger partial charge in [0.05, 0.1) is 11.6 Å². The molecule has 19 heavy (non-hydrogen) atoms. The third-order valence-corrected chi connectivity index (χ3v) is 3.39. The number of nitrogens with one attached hydrogen (secondary N) is 1. The highest BCUT2D eigenvalue weighted by Crippen LogP contribution is 2.17. The molecule has 100 valence electrons. The second-order valence-corrected chi connectivity index (χ2v) is 5.13. The van der Waals surface area contributed by atoms with Crippen LogP contribution in [-0.2, 0) is 0 Å². The molecule has 5 heteroatoms. The number of nitrogens with zero attached hydrogens (tertiary/aromatic N) is 1. The van der Waals surface area contributed by atoms with Gasteiger partial charge < -0.3 is 10.4 Å². The molecule has 1 aromatic heterocycles. The maximum Gasteiger partial charge on any atom is 0.270 e. The summed E-state index contributed by atoms with van der Waals surface area (Å²) in [7, 11) is 0. The van der Waals surface area contributed by atoms with E-state index in [0.717, 1.165) is 5.56 Å². The van der Waals surface area contributed by atoms with Crippen molar-refractivity contribution in [1.82, 2.24) is 10.3 Å². The van der Waals surface area contributed by atoms with Gasteiger partial charge in [0.15, 0.2) is 0 Å². The fourth-order valence-electron chi connectivity index (χ4n) is 1.83. The molecule has 0 fully saturated rings. The van der Waals surface area contributed by atoms with Crippen LogP contribution in [0.5, 0.6) is 0 Å². The second-order valence-electron chi connectivity index (χ2n) is 4.41. The summed E-state index contributed by atoms with van der Waals surface area (Å²) in [5, 5.41) is 14.6. The lowest BCUT2D eigenvalue weighted by Gasteiger charge is -2.17. The molecule has 2 rings (SSSR count). The average molecular weight is 276 g/mol. The SMILES string of the molecule is C[C@@H](C[C@@H](O)c1ccccc1)NC(=O)c1cscn1. The number of carbonyl (C=O) groups excluding carboxylic acids is 1. The number of rotatable bonds is 5. The highest BCUT2D eigenvalue weighted by molar-refractivity contribution is 7.07. The third-order valence-electron chi connectivity index (χ3n) is 2.80. The van der Waals surface area contributed by atoms with Crippen LogP contribution in [-0.4, -0.2) is 22.0 Å². The Labute approximate surface area is 116 Å². The largest absolute Gasteiger partial charge is 0.388 e. The molecule has 0 aliphatic heterocycles.